The second kappa shape index (κ2) is 5.05. The summed E-state index contributed by atoms with van der Waals surface area (Å²) in [6, 6.07) is 7.14. The first kappa shape index (κ1) is 12.8. The molecular formula is C14H16N4O2. The third-order valence-electron chi connectivity index (χ3n) is 3.72. The van der Waals surface area contributed by atoms with Crippen molar-refractivity contribution in [2.24, 2.45) is 5.73 Å². The zero-order chi connectivity index (χ0) is 14.1. The molecule has 1 atom stereocenters. The Morgan fingerprint density at radius 1 is 1.40 bits per heavy atom. The number of pyridine rings is 1. The van der Waals surface area contributed by atoms with Gasteiger partial charge in [-0.3, -0.25) is 10.1 Å². The first-order valence-electron chi connectivity index (χ1n) is 6.69. The topological polar surface area (TPSA) is 85.3 Å². The number of nitro groups is 1. The number of nitrogens with two attached hydrogens (primary N) is 1. The lowest BCUT2D eigenvalue weighted by molar-refractivity contribution is -0.383. The number of para-hydroxylation sites is 1. The van der Waals surface area contributed by atoms with Crippen LogP contribution in [0.1, 0.15) is 12.8 Å². The fourth-order valence-electron chi connectivity index (χ4n) is 2.80. The standard InChI is InChI=1S/C14H16N4O2/c15-10-3-2-8-17(9-10)12-6-7-16-14-11(12)4-1-5-13(14)18(19)20/h1,4-7,10H,2-3,8-9,15H2. The number of anilines is 1. The van der Waals surface area contributed by atoms with Crippen LogP contribution in [-0.2, 0) is 0 Å². The second-order valence-electron chi connectivity index (χ2n) is 5.11. The van der Waals surface area contributed by atoms with Gasteiger partial charge in [-0.1, -0.05) is 12.1 Å². The molecule has 2 heterocycles. The highest BCUT2D eigenvalue weighted by molar-refractivity contribution is 5.96. The van der Waals surface area contributed by atoms with Crippen LogP contribution in [-0.4, -0.2) is 29.0 Å². The fraction of sp³-hybridized carbons (Fsp3) is 0.357. The maximum atomic E-state index is 11.1. The van der Waals surface area contributed by atoms with Gasteiger partial charge in [0.05, 0.1) is 4.92 Å². The van der Waals surface area contributed by atoms with Crippen molar-refractivity contribution >= 4 is 22.3 Å². The van der Waals surface area contributed by atoms with Crippen molar-refractivity contribution in [3.63, 3.8) is 0 Å². The molecule has 0 aliphatic carbocycles. The first-order valence-corrected chi connectivity index (χ1v) is 6.69. The SMILES string of the molecule is NC1CCCN(c2ccnc3c([N+](=O)[O-])cccc23)C1. The normalized spacial score (nSPS) is 19.2. The summed E-state index contributed by atoms with van der Waals surface area (Å²) in [5, 5.41) is 11.9. The van der Waals surface area contributed by atoms with Crippen LogP contribution >= 0.6 is 0 Å². The van der Waals surface area contributed by atoms with Crippen molar-refractivity contribution in [2.45, 2.75) is 18.9 Å². The summed E-state index contributed by atoms with van der Waals surface area (Å²) < 4.78 is 0. The molecule has 3 rings (SSSR count). The molecule has 104 valence electrons. The van der Waals surface area contributed by atoms with Gasteiger partial charge in [-0.2, -0.15) is 0 Å². The number of piperidine rings is 1. The number of nitro benzene ring substituents is 1. The van der Waals surface area contributed by atoms with Gasteiger partial charge in [-0.05, 0) is 18.9 Å². The first-order chi connectivity index (χ1) is 9.66. The van der Waals surface area contributed by atoms with Crippen LogP contribution in [0, 0.1) is 10.1 Å². The molecule has 1 aliphatic rings. The molecule has 0 saturated carbocycles. The van der Waals surface area contributed by atoms with Gasteiger partial charge in [0.1, 0.15) is 5.52 Å². The van der Waals surface area contributed by atoms with E-state index < -0.39 is 0 Å². The molecule has 0 bridgehead atoms. The second-order valence-corrected chi connectivity index (χ2v) is 5.11. The Morgan fingerprint density at radius 2 is 2.25 bits per heavy atom. The molecule has 2 aromatic rings. The molecule has 1 saturated heterocycles. The lowest BCUT2D eigenvalue weighted by Crippen LogP contribution is -2.42. The maximum absolute atomic E-state index is 11.1. The lowest BCUT2D eigenvalue weighted by Gasteiger charge is -2.33. The van der Waals surface area contributed by atoms with Crippen molar-refractivity contribution in [3.05, 3.63) is 40.6 Å². The van der Waals surface area contributed by atoms with Crippen LogP contribution < -0.4 is 10.6 Å². The summed E-state index contributed by atoms with van der Waals surface area (Å²) in [5.41, 5.74) is 7.49. The predicted molar refractivity (Wildman–Crippen MR) is 77.8 cm³/mol. The molecule has 1 unspecified atom stereocenters. The summed E-state index contributed by atoms with van der Waals surface area (Å²) in [4.78, 5) is 17.1. The zero-order valence-corrected chi connectivity index (χ0v) is 11.0. The fourth-order valence-corrected chi connectivity index (χ4v) is 2.80. The van der Waals surface area contributed by atoms with Gasteiger partial charge in [0, 0.05) is 42.5 Å². The quantitative estimate of drug-likeness (QED) is 0.668. The Bertz CT molecular complexity index is 659. The van der Waals surface area contributed by atoms with Gasteiger partial charge >= 0.3 is 0 Å². The van der Waals surface area contributed by atoms with E-state index in [1.807, 2.05) is 12.1 Å². The minimum Gasteiger partial charge on any atom is -0.369 e. The summed E-state index contributed by atoms with van der Waals surface area (Å²) in [5.74, 6) is 0. The molecule has 6 nitrogen and oxygen atoms in total. The van der Waals surface area contributed by atoms with Crippen molar-refractivity contribution in [3.8, 4) is 0 Å². The van der Waals surface area contributed by atoms with E-state index >= 15 is 0 Å². The summed E-state index contributed by atoms with van der Waals surface area (Å²) in [6.45, 7) is 1.71. The van der Waals surface area contributed by atoms with E-state index in [1.165, 1.54) is 6.07 Å². The van der Waals surface area contributed by atoms with E-state index in [2.05, 4.69) is 9.88 Å². The molecular weight excluding hydrogens is 256 g/mol. The number of non-ortho nitro benzene ring substituents is 1. The lowest BCUT2D eigenvalue weighted by atomic mass is 10.0. The van der Waals surface area contributed by atoms with E-state index in [0.717, 1.165) is 37.0 Å². The average molecular weight is 272 g/mol. The van der Waals surface area contributed by atoms with Crippen molar-refractivity contribution in [1.29, 1.82) is 0 Å². The van der Waals surface area contributed by atoms with Crippen LogP contribution in [0.3, 0.4) is 0 Å². The van der Waals surface area contributed by atoms with Crippen molar-refractivity contribution in [2.75, 3.05) is 18.0 Å². The third-order valence-corrected chi connectivity index (χ3v) is 3.72. The molecule has 1 aromatic carbocycles. The Hall–Kier alpha value is -2.21. The van der Waals surface area contributed by atoms with E-state index in [4.69, 9.17) is 5.73 Å². The number of fused-ring (bicyclic) bond motifs is 1. The van der Waals surface area contributed by atoms with Gasteiger partial charge in [-0.25, -0.2) is 4.98 Å². The Morgan fingerprint density at radius 3 is 3.00 bits per heavy atom. The molecule has 1 aromatic heterocycles. The van der Waals surface area contributed by atoms with Gasteiger partial charge in [0.15, 0.2) is 0 Å². The third kappa shape index (κ3) is 2.18. The van der Waals surface area contributed by atoms with Crippen LogP contribution in [0.15, 0.2) is 30.5 Å². The minimum absolute atomic E-state index is 0.0469. The Balaban J connectivity index is 2.12. The molecule has 20 heavy (non-hydrogen) atoms. The molecule has 6 heteroatoms. The average Bonchev–Trinajstić information content (AvgIpc) is 2.45. The van der Waals surface area contributed by atoms with Gasteiger partial charge < -0.3 is 10.6 Å². The van der Waals surface area contributed by atoms with Gasteiger partial charge in [0.25, 0.3) is 5.69 Å². The number of nitrogens with zero attached hydrogens (tertiary/aromatic N) is 3. The molecule has 0 amide bonds. The molecule has 1 aliphatic heterocycles. The van der Waals surface area contributed by atoms with E-state index in [0.29, 0.717) is 5.52 Å². The van der Waals surface area contributed by atoms with Crippen LogP contribution in [0.2, 0.25) is 0 Å². The highest BCUT2D eigenvalue weighted by Crippen LogP contribution is 2.31. The number of hydrogen-bond donors (Lipinski definition) is 1. The summed E-state index contributed by atoms with van der Waals surface area (Å²) >= 11 is 0. The van der Waals surface area contributed by atoms with Gasteiger partial charge in [0.2, 0.25) is 0 Å². The van der Waals surface area contributed by atoms with Crippen molar-refractivity contribution < 1.29 is 4.92 Å². The molecule has 2 N–H and O–H groups in total. The van der Waals surface area contributed by atoms with Crippen LogP contribution in [0.5, 0.6) is 0 Å². The smallest absolute Gasteiger partial charge is 0.295 e. The van der Waals surface area contributed by atoms with Crippen LogP contribution in [0.4, 0.5) is 11.4 Å². The summed E-state index contributed by atoms with van der Waals surface area (Å²) in [6.07, 6.45) is 3.70. The largest absolute Gasteiger partial charge is 0.369 e. The number of benzene rings is 1. The number of rotatable bonds is 2. The summed E-state index contributed by atoms with van der Waals surface area (Å²) in [7, 11) is 0. The number of aromatic nitrogens is 1. The Kier molecular flexibility index (Phi) is 3.23. The van der Waals surface area contributed by atoms with E-state index in [-0.39, 0.29) is 16.7 Å². The Labute approximate surface area is 116 Å². The van der Waals surface area contributed by atoms with Gasteiger partial charge in [-0.15, -0.1) is 0 Å². The predicted octanol–water partition coefficient (Wildman–Crippen LogP) is 2.07. The molecule has 1 fully saturated rings. The monoisotopic (exact) mass is 272 g/mol. The molecule has 0 spiro atoms. The van der Waals surface area contributed by atoms with Crippen molar-refractivity contribution in [1.82, 2.24) is 4.98 Å². The molecule has 0 radical (unpaired) electrons. The highest BCUT2D eigenvalue weighted by atomic mass is 16.6. The van der Waals surface area contributed by atoms with Crippen LogP contribution in [0.25, 0.3) is 10.9 Å². The van der Waals surface area contributed by atoms with E-state index in [1.54, 1.807) is 12.3 Å². The maximum Gasteiger partial charge on any atom is 0.295 e. The zero-order valence-electron chi connectivity index (χ0n) is 11.0. The number of hydrogen-bond acceptors (Lipinski definition) is 5. The highest BCUT2D eigenvalue weighted by Gasteiger charge is 2.21. The minimum atomic E-state index is -0.388. The van der Waals surface area contributed by atoms with E-state index in [9.17, 15) is 10.1 Å².